The second-order valence-corrected chi connectivity index (χ2v) is 3.59. The molecule has 18 heavy (non-hydrogen) atoms. The number of aromatic nitrogens is 1. The molecule has 0 fully saturated rings. The van der Waals surface area contributed by atoms with E-state index < -0.39 is 11.9 Å². The SMILES string of the molecule is OCCOc1cc(C(F)(F)F)nc2ccccc12. The lowest BCUT2D eigenvalue weighted by molar-refractivity contribution is -0.141. The summed E-state index contributed by atoms with van der Waals surface area (Å²) >= 11 is 0. The second kappa shape index (κ2) is 4.81. The van der Waals surface area contributed by atoms with E-state index in [4.69, 9.17) is 9.84 Å². The number of aliphatic hydroxyl groups excluding tert-OH is 1. The Labute approximate surface area is 101 Å². The van der Waals surface area contributed by atoms with E-state index in [0.29, 0.717) is 5.39 Å². The molecule has 6 heteroatoms. The number of aliphatic hydroxyl groups is 1. The van der Waals surface area contributed by atoms with E-state index in [1.54, 1.807) is 18.2 Å². The smallest absolute Gasteiger partial charge is 0.433 e. The Hall–Kier alpha value is -1.82. The van der Waals surface area contributed by atoms with Crippen molar-refractivity contribution in [3.8, 4) is 5.75 Å². The molecule has 0 unspecified atom stereocenters. The van der Waals surface area contributed by atoms with Crippen molar-refractivity contribution in [2.75, 3.05) is 13.2 Å². The molecule has 0 radical (unpaired) electrons. The van der Waals surface area contributed by atoms with Crippen LogP contribution in [0.5, 0.6) is 5.75 Å². The molecule has 1 aromatic carbocycles. The van der Waals surface area contributed by atoms with Crippen molar-refractivity contribution in [1.82, 2.24) is 4.98 Å². The first-order chi connectivity index (χ1) is 8.52. The third-order valence-corrected chi connectivity index (χ3v) is 2.32. The van der Waals surface area contributed by atoms with Gasteiger partial charge in [0.2, 0.25) is 0 Å². The monoisotopic (exact) mass is 257 g/mol. The van der Waals surface area contributed by atoms with E-state index in [9.17, 15) is 13.2 Å². The molecule has 0 atom stereocenters. The Bertz CT molecular complexity index is 555. The Kier molecular flexibility index (Phi) is 3.38. The van der Waals surface area contributed by atoms with Gasteiger partial charge in [0.25, 0.3) is 0 Å². The van der Waals surface area contributed by atoms with Gasteiger partial charge in [-0.25, -0.2) is 4.98 Å². The molecule has 2 aromatic rings. The Morgan fingerprint density at radius 1 is 1.22 bits per heavy atom. The van der Waals surface area contributed by atoms with Gasteiger partial charge >= 0.3 is 6.18 Å². The number of pyridine rings is 1. The molecule has 0 saturated heterocycles. The maximum atomic E-state index is 12.7. The fourth-order valence-corrected chi connectivity index (χ4v) is 1.56. The summed E-state index contributed by atoms with van der Waals surface area (Å²) in [4.78, 5) is 3.55. The number of benzene rings is 1. The first-order valence-electron chi connectivity index (χ1n) is 5.23. The summed E-state index contributed by atoms with van der Waals surface area (Å²) in [6.07, 6.45) is -4.53. The molecule has 0 amide bonds. The normalized spacial score (nSPS) is 11.8. The van der Waals surface area contributed by atoms with Gasteiger partial charge in [-0.3, -0.25) is 0 Å². The van der Waals surface area contributed by atoms with Crippen molar-refractivity contribution < 1.29 is 23.0 Å². The zero-order valence-corrected chi connectivity index (χ0v) is 9.24. The maximum Gasteiger partial charge on any atom is 0.433 e. The first-order valence-corrected chi connectivity index (χ1v) is 5.23. The number of alkyl halides is 3. The van der Waals surface area contributed by atoms with Crippen LogP contribution in [0.2, 0.25) is 0 Å². The molecule has 0 bridgehead atoms. The maximum absolute atomic E-state index is 12.7. The number of para-hydroxylation sites is 1. The number of nitrogens with zero attached hydrogens (tertiary/aromatic N) is 1. The Balaban J connectivity index is 2.57. The predicted octanol–water partition coefficient (Wildman–Crippen LogP) is 2.62. The van der Waals surface area contributed by atoms with Crippen LogP contribution in [0.1, 0.15) is 5.69 Å². The van der Waals surface area contributed by atoms with Gasteiger partial charge in [0.1, 0.15) is 18.1 Å². The summed E-state index contributed by atoms with van der Waals surface area (Å²) in [6.45, 7) is -0.330. The summed E-state index contributed by atoms with van der Waals surface area (Å²) in [5, 5.41) is 9.15. The van der Waals surface area contributed by atoms with E-state index in [0.717, 1.165) is 6.07 Å². The molecule has 0 aliphatic carbocycles. The van der Waals surface area contributed by atoms with Crippen LogP contribution in [-0.4, -0.2) is 23.3 Å². The molecule has 3 nitrogen and oxygen atoms in total. The molecular formula is C12H10F3NO2. The van der Waals surface area contributed by atoms with E-state index in [-0.39, 0.29) is 24.5 Å². The first kappa shape index (κ1) is 12.6. The van der Waals surface area contributed by atoms with Gasteiger partial charge < -0.3 is 9.84 Å². The lowest BCUT2D eigenvalue weighted by atomic mass is 10.2. The van der Waals surface area contributed by atoms with Crippen LogP contribution in [0.25, 0.3) is 10.9 Å². The topological polar surface area (TPSA) is 42.4 Å². The van der Waals surface area contributed by atoms with Gasteiger partial charge in [-0.15, -0.1) is 0 Å². The van der Waals surface area contributed by atoms with Gasteiger partial charge in [-0.05, 0) is 12.1 Å². The summed E-state index contributed by atoms with van der Waals surface area (Å²) < 4.78 is 43.1. The van der Waals surface area contributed by atoms with Gasteiger partial charge in [0, 0.05) is 11.5 Å². The standard InChI is InChI=1S/C12H10F3NO2/c13-12(14,15)11-7-10(18-6-5-17)8-3-1-2-4-9(8)16-11/h1-4,7,17H,5-6H2. The highest BCUT2D eigenvalue weighted by Crippen LogP contribution is 2.33. The van der Waals surface area contributed by atoms with Gasteiger partial charge in [0.05, 0.1) is 12.1 Å². The quantitative estimate of drug-likeness (QED) is 0.919. The molecule has 1 heterocycles. The highest BCUT2D eigenvalue weighted by molar-refractivity contribution is 5.85. The number of halogens is 3. The Morgan fingerprint density at radius 2 is 1.94 bits per heavy atom. The molecule has 0 spiro atoms. The number of rotatable bonds is 3. The van der Waals surface area contributed by atoms with E-state index in [1.807, 2.05) is 0 Å². The molecule has 0 aliphatic rings. The number of fused-ring (bicyclic) bond motifs is 1. The van der Waals surface area contributed by atoms with Crippen molar-refractivity contribution in [3.63, 3.8) is 0 Å². The van der Waals surface area contributed by atoms with Crippen LogP contribution in [0.3, 0.4) is 0 Å². The summed E-state index contributed by atoms with van der Waals surface area (Å²) in [7, 11) is 0. The fraction of sp³-hybridized carbons (Fsp3) is 0.250. The van der Waals surface area contributed by atoms with Crippen molar-refractivity contribution in [2.24, 2.45) is 0 Å². The lowest BCUT2D eigenvalue weighted by Gasteiger charge is -2.12. The Morgan fingerprint density at radius 3 is 2.61 bits per heavy atom. The zero-order valence-electron chi connectivity index (χ0n) is 9.24. The zero-order chi connectivity index (χ0) is 13.2. The molecule has 96 valence electrons. The van der Waals surface area contributed by atoms with Crippen molar-refractivity contribution in [2.45, 2.75) is 6.18 Å². The minimum absolute atomic E-state index is 0.0642. The fourth-order valence-electron chi connectivity index (χ4n) is 1.56. The second-order valence-electron chi connectivity index (χ2n) is 3.59. The molecule has 0 saturated carbocycles. The number of hydrogen-bond acceptors (Lipinski definition) is 3. The van der Waals surface area contributed by atoms with Crippen LogP contribution in [0.15, 0.2) is 30.3 Å². The lowest BCUT2D eigenvalue weighted by Crippen LogP contribution is -2.10. The van der Waals surface area contributed by atoms with Crippen molar-refractivity contribution >= 4 is 10.9 Å². The molecule has 2 rings (SSSR count). The van der Waals surface area contributed by atoms with E-state index in [1.165, 1.54) is 6.07 Å². The average Bonchev–Trinajstić information content (AvgIpc) is 2.34. The van der Waals surface area contributed by atoms with Crippen LogP contribution in [0.4, 0.5) is 13.2 Å². The predicted molar refractivity (Wildman–Crippen MR) is 59.3 cm³/mol. The van der Waals surface area contributed by atoms with Crippen LogP contribution >= 0.6 is 0 Å². The van der Waals surface area contributed by atoms with Crippen LogP contribution < -0.4 is 4.74 Å². The molecule has 1 N–H and O–H groups in total. The summed E-state index contributed by atoms with van der Waals surface area (Å²) in [6, 6.07) is 7.23. The van der Waals surface area contributed by atoms with Crippen LogP contribution in [0, 0.1) is 0 Å². The summed E-state index contributed by atoms with van der Waals surface area (Å²) in [5.41, 5.74) is -0.797. The molecule has 0 aliphatic heterocycles. The van der Waals surface area contributed by atoms with E-state index in [2.05, 4.69) is 4.98 Å². The van der Waals surface area contributed by atoms with Crippen LogP contribution in [-0.2, 0) is 6.18 Å². The number of hydrogen-bond donors (Lipinski definition) is 1. The minimum atomic E-state index is -4.53. The molecule has 1 aromatic heterocycles. The molecular weight excluding hydrogens is 247 g/mol. The van der Waals surface area contributed by atoms with Gasteiger partial charge in [-0.1, -0.05) is 12.1 Å². The minimum Gasteiger partial charge on any atom is -0.490 e. The third kappa shape index (κ3) is 2.53. The summed E-state index contributed by atoms with van der Waals surface area (Å²) in [5.74, 6) is 0.0713. The van der Waals surface area contributed by atoms with E-state index >= 15 is 0 Å². The largest absolute Gasteiger partial charge is 0.490 e. The highest BCUT2D eigenvalue weighted by Gasteiger charge is 2.33. The average molecular weight is 257 g/mol. The third-order valence-electron chi connectivity index (χ3n) is 2.32. The number of ether oxygens (including phenoxy) is 1. The van der Waals surface area contributed by atoms with Gasteiger partial charge in [0.15, 0.2) is 0 Å². The highest BCUT2D eigenvalue weighted by atomic mass is 19.4. The van der Waals surface area contributed by atoms with Crippen molar-refractivity contribution in [3.05, 3.63) is 36.0 Å². The van der Waals surface area contributed by atoms with Crippen molar-refractivity contribution in [1.29, 1.82) is 0 Å². The van der Waals surface area contributed by atoms with Gasteiger partial charge in [-0.2, -0.15) is 13.2 Å².